The topological polar surface area (TPSA) is 82.9 Å². The largest absolute Gasteiger partial charge is 0.251 e. The van der Waals surface area contributed by atoms with Crippen LogP contribution in [0.1, 0.15) is 12.8 Å². The number of hydrogen-bond donors (Lipinski definition) is 1. The summed E-state index contributed by atoms with van der Waals surface area (Å²) in [5.41, 5.74) is 0. The van der Waals surface area contributed by atoms with Gasteiger partial charge in [0.1, 0.15) is 0 Å². The van der Waals surface area contributed by atoms with Gasteiger partial charge in [-0.05, 0) is 6.42 Å². The van der Waals surface area contributed by atoms with Crippen molar-refractivity contribution in [1.29, 1.82) is 5.26 Å². The maximum atomic E-state index is 11.5. The second-order valence-electron chi connectivity index (χ2n) is 2.59. The zero-order valence-corrected chi connectivity index (χ0v) is 9.99. The second-order valence-corrected chi connectivity index (χ2v) is 6.20. The van der Waals surface area contributed by atoms with E-state index in [0.717, 1.165) is 11.3 Å². The molecule has 0 radical (unpaired) electrons. The van der Waals surface area contributed by atoms with E-state index < -0.39 is 10.0 Å². The number of thiazole rings is 1. The fourth-order valence-corrected chi connectivity index (χ4v) is 3.22. The molecule has 5 nitrogen and oxygen atoms in total. The van der Waals surface area contributed by atoms with Gasteiger partial charge in [-0.1, -0.05) is 22.9 Å². The van der Waals surface area contributed by atoms with E-state index in [-0.39, 0.29) is 15.2 Å². The van der Waals surface area contributed by atoms with Gasteiger partial charge in [0.15, 0.2) is 8.68 Å². The van der Waals surface area contributed by atoms with Gasteiger partial charge in [0, 0.05) is 13.0 Å². The van der Waals surface area contributed by atoms with Crippen LogP contribution in [0.15, 0.2) is 10.4 Å². The molecule has 0 saturated carbocycles. The Labute approximate surface area is 96.8 Å². The van der Waals surface area contributed by atoms with Crippen molar-refractivity contribution in [3.63, 3.8) is 0 Å². The molecular weight excluding hydrogens is 258 g/mol. The highest BCUT2D eigenvalue weighted by Crippen LogP contribution is 2.21. The van der Waals surface area contributed by atoms with E-state index in [1.165, 1.54) is 6.20 Å². The maximum Gasteiger partial charge on any atom is 0.251 e. The van der Waals surface area contributed by atoms with Gasteiger partial charge < -0.3 is 0 Å². The third-order valence-corrected chi connectivity index (χ3v) is 4.52. The van der Waals surface area contributed by atoms with Crippen LogP contribution in [0.4, 0.5) is 0 Å². The van der Waals surface area contributed by atoms with Crippen molar-refractivity contribution in [1.82, 2.24) is 9.71 Å². The Morgan fingerprint density at radius 2 is 2.40 bits per heavy atom. The molecule has 0 spiro atoms. The molecule has 0 aromatic carbocycles. The van der Waals surface area contributed by atoms with E-state index >= 15 is 0 Å². The zero-order chi connectivity index (χ0) is 11.3. The molecule has 0 bridgehead atoms. The van der Waals surface area contributed by atoms with E-state index in [0.29, 0.717) is 12.8 Å². The van der Waals surface area contributed by atoms with E-state index in [4.69, 9.17) is 16.9 Å². The number of nitrogens with zero attached hydrogens (tertiary/aromatic N) is 2. The lowest BCUT2D eigenvalue weighted by molar-refractivity contribution is 0.581. The molecule has 1 rings (SSSR count). The van der Waals surface area contributed by atoms with Gasteiger partial charge in [0.25, 0.3) is 10.0 Å². The molecule has 0 aliphatic heterocycles. The molecule has 0 saturated heterocycles. The highest BCUT2D eigenvalue weighted by atomic mass is 35.5. The number of nitriles is 1. The third-order valence-electron chi connectivity index (χ3n) is 1.48. The summed E-state index contributed by atoms with van der Waals surface area (Å²) in [6.45, 7) is 0.241. The summed E-state index contributed by atoms with van der Waals surface area (Å²) in [6.07, 6.45) is 2.02. The fourth-order valence-electron chi connectivity index (χ4n) is 0.809. The Morgan fingerprint density at radius 1 is 1.67 bits per heavy atom. The smallest absolute Gasteiger partial charge is 0.232 e. The molecule has 15 heavy (non-hydrogen) atoms. The Morgan fingerprint density at radius 3 is 2.93 bits per heavy atom. The third kappa shape index (κ3) is 3.76. The van der Waals surface area contributed by atoms with Crippen LogP contribution in [0.3, 0.4) is 0 Å². The summed E-state index contributed by atoms with van der Waals surface area (Å²) < 4.78 is 25.7. The van der Waals surface area contributed by atoms with Crippen LogP contribution in [0.2, 0.25) is 4.47 Å². The van der Waals surface area contributed by atoms with Crippen molar-refractivity contribution in [3.05, 3.63) is 10.7 Å². The first-order valence-electron chi connectivity index (χ1n) is 4.04. The standard InChI is InChI=1S/C7H8ClN3O2S2/c8-7-10-5-6(14-7)15(12,13)11-4-2-1-3-9/h5,11H,1-2,4H2. The zero-order valence-electron chi connectivity index (χ0n) is 7.60. The van der Waals surface area contributed by atoms with Crippen molar-refractivity contribution in [2.24, 2.45) is 0 Å². The Balaban J connectivity index is 2.57. The first kappa shape index (κ1) is 12.4. The quantitative estimate of drug-likeness (QED) is 0.816. The van der Waals surface area contributed by atoms with Crippen LogP contribution >= 0.6 is 22.9 Å². The SMILES string of the molecule is N#CCCCNS(=O)(=O)c1cnc(Cl)s1. The molecule has 1 aromatic rings. The normalized spacial score (nSPS) is 11.2. The molecule has 0 aliphatic carbocycles. The number of halogens is 1. The van der Waals surface area contributed by atoms with Crippen molar-refractivity contribution in [3.8, 4) is 6.07 Å². The summed E-state index contributed by atoms with van der Waals surface area (Å²) in [7, 11) is -3.51. The molecule has 0 fully saturated rings. The summed E-state index contributed by atoms with van der Waals surface area (Å²) >= 11 is 6.42. The second kappa shape index (κ2) is 5.42. The molecule has 8 heteroatoms. The lowest BCUT2D eigenvalue weighted by Gasteiger charge is -2.01. The lowest BCUT2D eigenvalue weighted by Crippen LogP contribution is -2.23. The van der Waals surface area contributed by atoms with Crippen LogP contribution in [0, 0.1) is 11.3 Å². The monoisotopic (exact) mass is 265 g/mol. The fraction of sp³-hybridized carbons (Fsp3) is 0.429. The van der Waals surface area contributed by atoms with Crippen LogP contribution in [0.25, 0.3) is 0 Å². The molecule has 0 atom stereocenters. The van der Waals surface area contributed by atoms with Gasteiger partial charge in [-0.2, -0.15) is 5.26 Å². The first-order valence-corrected chi connectivity index (χ1v) is 6.72. The van der Waals surface area contributed by atoms with Crippen LogP contribution in [0.5, 0.6) is 0 Å². The van der Waals surface area contributed by atoms with Crippen LogP contribution < -0.4 is 4.72 Å². The predicted octanol–water partition coefficient (Wildman–Crippen LogP) is 1.38. The van der Waals surface area contributed by atoms with E-state index in [1.807, 2.05) is 6.07 Å². The molecule has 0 amide bonds. The van der Waals surface area contributed by atoms with E-state index in [2.05, 4.69) is 9.71 Å². The molecule has 1 heterocycles. The molecular formula is C7H8ClN3O2S2. The molecule has 82 valence electrons. The van der Waals surface area contributed by atoms with Gasteiger partial charge in [-0.3, -0.25) is 0 Å². The predicted molar refractivity (Wildman–Crippen MR) is 57.2 cm³/mol. The molecule has 0 aliphatic rings. The number of hydrogen-bond acceptors (Lipinski definition) is 5. The first-order chi connectivity index (χ1) is 7.06. The van der Waals surface area contributed by atoms with Crippen LogP contribution in [-0.4, -0.2) is 19.9 Å². The Bertz CT molecular complexity index is 463. The number of aromatic nitrogens is 1. The number of unbranched alkanes of at least 4 members (excludes halogenated alkanes) is 1. The summed E-state index contributed by atoms with van der Waals surface area (Å²) in [5.74, 6) is 0. The van der Waals surface area contributed by atoms with Crippen molar-refractivity contribution in [2.45, 2.75) is 17.1 Å². The van der Waals surface area contributed by atoms with Gasteiger partial charge in [0.05, 0.1) is 12.3 Å². The van der Waals surface area contributed by atoms with Gasteiger partial charge >= 0.3 is 0 Å². The molecule has 1 aromatic heterocycles. The van der Waals surface area contributed by atoms with Crippen LogP contribution in [-0.2, 0) is 10.0 Å². The molecule has 1 N–H and O–H groups in total. The number of nitrogens with one attached hydrogen (secondary N) is 1. The van der Waals surface area contributed by atoms with Crippen molar-refractivity contribution >= 4 is 33.0 Å². The maximum absolute atomic E-state index is 11.5. The van der Waals surface area contributed by atoms with Crippen molar-refractivity contribution < 1.29 is 8.42 Å². The minimum absolute atomic E-state index is 0.0875. The minimum Gasteiger partial charge on any atom is -0.232 e. The molecule has 0 unspecified atom stereocenters. The number of sulfonamides is 1. The highest BCUT2D eigenvalue weighted by Gasteiger charge is 2.16. The van der Waals surface area contributed by atoms with E-state index in [9.17, 15) is 8.42 Å². The lowest BCUT2D eigenvalue weighted by atomic mass is 10.3. The minimum atomic E-state index is -3.51. The Kier molecular flexibility index (Phi) is 4.47. The van der Waals surface area contributed by atoms with E-state index in [1.54, 1.807) is 0 Å². The summed E-state index contributed by atoms with van der Waals surface area (Å²) in [6, 6.07) is 1.93. The Hall–Kier alpha value is -0.680. The van der Waals surface area contributed by atoms with Crippen molar-refractivity contribution in [2.75, 3.05) is 6.54 Å². The summed E-state index contributed by atoms with van der Waals surface area (Å²) in [5, 5.41) is 8.26. The van der Waals surface area contributed by atoms with Gasteiger partial charge in [-0.15, -0.1) is 0 Å². The van der Waals surface area contributed by atoms with Gasteiger partial charge in [-0.25, -0.2) is 18.1 Å². The number of rotatable bonds is 5. The van der Waals surface area contributed by atoms with Gasteiger partial charge in [0.2, 0.25) is 0 Å². The summed E-state index contributed by atoms with van der Waals surface area (Å²) in [4.78, 5) is 3.64. The highest BCUT2D eigenvalue weighted by molar-refractivity contribution is 7.91. The average Bonchev–Trinajstić information content (AvgIpc) is 2.60. The average molecular weight is 266 g/mol.